The minimum Gasteiger partial charge on any atom is -0.378 e. The van der Waals surface area contributed by atoms with E-state index in [9.17, 15) is 4.39 Å². The van der Waals surface area contributed by atoms with E-state index in [2.05, 4.69) is 15.6 Å². The first-order valence-corrected chi connectivity index (χ1v) is 7.66. The zero-order valence-corrected chi connectivity index (χ0v) is 15.3. The summed E-state index contributed by atoms with van der Waals surface area (Å²) >= 11 is 0. The second kappa shape index (κ2) is 10.8. The van der Waals surface area contributed by atoms with Crippen molar-refractivity contribution < 1.29 is 9.13 Å². The number of nitrogens with zero attached hydrogens (tertiary/aromatic N) is 1. The molecular weight excluding hydrogens is 396 g/mol. The molecule has 1 fully saturated rings. The minimum absolute atomic E-state index is 0. The van der Waals surface area contributed by atoms with Crippen LogP contribution in [0.5, 0.6) is 0 Å². The average Bonchev–Trinajstić information content (AvgIpc) is 2.99. The highest BCUT2D eigenvalue weighted by Gasteiger charge is 2.14. The van der Waals surface area contributed by atoms with E-state index >= 15 is 0 Å². The number of hydrogen-bond donors (Lipinski definition) is 2. The topological polar surface area (TPSA) is 45.7 Å². The Bertz CT molecular complexity index is 464. The maximum atomic E-state index is 13.6. The van der Waals surface area contributed by atoms with Crippen LogP contribution < -0.4 is 10.6 Å². The molecule has 1 aromatic carbocycles. The molecule has 1 aliphatic rings. The van der Waals surface area contributed by atoms with Gasteiger partial charge in [-0.3, -0.25) is 0 Å². The first kappa shape index (κ1) is 19.2. The summed E-state index contributed by atoms with van der Waals surface area (Å²) in [5, 5.41) is 6.45. The van der Waals surface area contributed by atoms with E-state index in [1.807, 2.05) is 13.0 Å². The molecular formula is C16H25FIN3O. The molecule has 1 aliphatic heterocycles. The number of benzene rings is 1. The molecule has 22 heavy (non-hydrogen) atoms. The highest BCUT2D eigenvalue weighted by molar-refractivity contribution is 14.0. The Kier molecular flexibility index (Phi) is 9.38. The Morgan fingerprint density at radius 2 is 2.18 bits per heavy atom. The van der Waals surface area contributed by atoms with Gasteiger partial charge in [0.15, 0.2) is 5.96 Å². The molecule has 0 aliphatic carbocycles. The third-order valence-electron chi connectivity index (χ3n) is 3.49. The Labute approximate surface area is 148 Å². The maximum absolute atomic E-state index is 13.6. The summed E-state index contributed by atoms with van der Waals surface area (Å²) in [5.74, 6) is 0.509. The van der Waals surface area contributed by atoms with Crippen LogP contribution >= 0.6 is 24.0 Å². The van der Waals surface area contributed by atoms with Gasteiger partial charge < -0.3 is 15.4 Å². The monoisotopic (exact) mass is 421 g/mol. The normalized spacial score (nSPS) is 17.9. The van der Waals surface area contributed by atoms with Crippen LogP contribution in [0.25, 0.3) is 0 Å². The van der Waals surface area contributed by atoms with Gasteiger partial charge in [0, 0.05) is 25.3 Å². The van der Waals surface area contributed by atoms with E-state index in [0.717, 1.165) is 44.9 Å². The van der Waals surface area contributed by atoms with Gasteiger partial charge >= 0.3 is 0 Å². The summed E-state index contributed by atoms with van der Waals surface area (Å²) in [6, 6.07) is 6.73. The molecule has 1 heterocycles. The van der Waals surface area contributed by atoms with Crippen molar-refractivity contribution in [2.24, 2.45) is 4.99 Å². The van der Waals surface area contributed by atoms with Gasteiger partial charge in [0.1, 0.15) is 5.82 Å². The molecule has 6 heteroatoms. The van der Waals surface area contributed by atoms with Crippen molar-refractivity contribution in [3.8, 4) is 0 Å². The molecule has 0 radical (unpaired) electrons. The van der Waals surface area contributed by atoms with Crippen LogP contribution in [-0.4, -0.2) is 31.8 Å². The van der Waals surface area contributed by atoms with Crippen molar-refractivity contribution in [3.63, 3.8) is 0 Å². The lowest BCUT2D eigenvalue weighted by Crippen LogP contribution is -2.38. The van der Waals surface area contributed by atoms with Gasteiger partial charge in [0.2, 0.25) is 0 Å². The summed E-state index contributed by atoms with van der Waals surface area (Å²) in [4.78, 5) is 4.42. The third kappa shape index (κ3) is 6.48. The summed E-state index contributed by atoms with van der Waals surface area (Å²) in [5.41, 5.74) is 0.605. The van der Waals surface area contributed by atoms with Crippen LogP contribution in [0.3, 0.4) is 0 Å². The minimum atomic E-state index is -0.212. The molecule has 0 bridgehead atoms. The fourth-order valence-corrected chi connectivity index (χ4v) is 2.36. The van der Waals surface area contributed by atoms with E-state index in [1.54, 1.807) is 12.1 Å². The average molecular weight is 421 g/mol. The maximum Gasteiger partial charge on any atom is 0.191 e. The standard InChI is InChI=1S/C16H24FN3O.HI/c1-2-18-16(19-10-9-14-7-5-11-21-14)20-12-13-6-3-4-8-15(13)17;/h3-4,6,8,14H,2,5,7,9-12H2,1H3,(H2,18,19,20);1H. The molecule has 0 spiro atoms. The van der Waals surface area contributed by atoms with Crippen LogP contribution in [0.15, 0.2) is 29.3 Å². The first-order chi connectivity index (χ1) is 10.3. The number of guanidine groups is 1. The molecule has 4 nitrogen and oxygen atoms in total. The molecule has 1 aromatic rings. The molecule has 0 aromatic heterocycles. The molecule has 124 valence electrons. The first-order valence-electron chi connectivity index (χ1n) is 7.66. The Morgan fingerprint density at radius 3 is 2.86 bits per heavy atom. The predicted molar refractivity (Wildman–Crippen MR) is 98.2 cm³/mol. The van der Waals surface area contributed by atoms with E-state index < -0.39 is 0 Å². The van der Waals surface area contributed by atoms with E-state index in [0.29, 0.717) is 18.2 Å². The van der Waals surface area contributed by atoms with Crippen molar-refractivity contribution in [1.29, 1.82) is 0 Å². The van der Waals surface area contributed by atoms with Gasteiger partial charge in [0.05, 0.1) is 12.6 Å². The zero-order chi connectivity index (χ0) is 14.9. The SMILES string of the molecule is CCNC(=NCc1ccccc1F)NCCC1CCCO1.I. The Morgan fingerprint density at radius 1 is 1.36 bits per heavy atom. The largest absolute Gasteiger partial charge is 0.378 e. The van der Waals surface area contributed by atoms with Crippen LogP contribution in [0.1, 0.15) is 31.7 Å². The van der Waals surface area contributed by atoms with Crippen molar-refractivity contribution in [2.75, 3.05) is 19.7 Å². The predicted octanol–water partition coefficient (Wildman–Crippen LogP) is 3.07. The van der Waals surface area contributed by atoms with Crippen LogP contribution in [-0.2, 0) is 11.3 Å². The quantitative estimate of drug-likeness (QED) is 0.422. The lowest BCUT2D eigenvalue weighted by Gasteiger charge is -2.13. The fourth-order valence-electron chi connectivity index (χ4n) is 2.36. The van der Waals surface area contributed by atoms with Gasteiger partial charge in [0.25, 0.3) is 0 Å². The smallest absolute Gasteiger partial charge is 0.191 e. The summed E-state index contributed by atoms with van der Waals surface area (Å²) < 4.78 is 19.1. The molecule has 0 amide bonds. The van der Waals surface area contributed by atoms with E-state index in [-0.39, 0.29) is 29.8 Å². The van der Waals surface area contributed by atoms with Crippen molar-refractivity contribution in [2.45, 2.75) is 38.8 Å². The fraction of sp³-hybridized carbons (Fsp3) is 0.562. The number of aliphatic imine (C=N–C) groups is 1. The summed E-state index contributed by atoms with van der Waals surface area (Å²) in [6.07, 6.45) is 3.65. The molecule has 1 unspecified atom stereocenters. The molecule has 1 atom stereocenters. The second-order valence-electron chi connectivity index (χ2n) is 5.14. The summed E-state index contributed by atoms with van der Waals surface area (Å²) in [7, 11) is 0. The van der Waals surface area contributed by atoms with Gasteiger partial charge in [-0.25, -0.2) is 9.38 Å². The number of ether oxygens (including phenoxy) is 1. The lowest BCUT2D eigenvalue weighted by atomic mass is 10.2. The number of nitrogens with one attached hydrogen (secondary N) is 2. The van der Waals surface area contributed by atoms with Gasteiger partial charge in [-0.05, 0) is 32.3 Å². The van der Waals surface area contributed by atoms with Crippen LogP contribution in [0, 0.1) is 5.82 Å². The van der Waals surface area contributed by atoms with Gasteiger partial charge in [-0.15, -0.1) is 24.0 Å². The van der Waals surface area contributed by atoms with Crippen molar-refractivity contribution in [1.82, 2.24) is 10.6 Å². The molecule has 0 saturated carbocycles. The number of rotatable bonds is 6. The van der Waals surface area contributed by atoms with Crippen molar-refractivity contribution in [3.05, 3.63) is 35.6 Å². The van der Waals surface area contributed by atoms with Crippen molar-refractivity contribution >= 4 is 29.9 Å². The van der Waals surface area contributed by atoms with Crippen LogP contribution in [0.2, 0.25) is 0 Å². The van der Waals surface area contributed by atoms with Crippen LogP contribution in [0.4, 0.5) is 4.39 Å². The molecule has 2 rings (SSSR count). The number of hydrogen-bond acceptors (Lipinski definition) is 2. The van der Waals surface area contributed by atoms with E-state index in [4.69, 9.17) is 4.74 Å². The Balaban J connectivity index is 0.00000242. The van der Waals surface area contributed by atoms with Gasteiger partial charge in [-0.2, -0.15) is 0 Å². The highest BCUT2D eigenvalue weighted by atomic mass is 127. The third-order valence-corrected chi connectivity index (χ3v) is 3.49. The molecule has 1 saturated heterocycles. The lowest BCUT2D eigenvalue weighted by molar-refractivity contribution is 0.105. The highest BCUT2D eigenvalue weighted by Crippen LogP contribution is 2.14. The molecule has 2 N–H and O–H groups in total. The zero-order valence-electron chi connectivity index (χ0n) is 13.0. The van der Waals surface area contributed by atoms with E-state index in [1.165, 1.54) is 6.07 Å². The van der Waals surface area contributed by atoms with Gasteiger partial charge in [-0.1, -0.05) is 18.2 Å². The Hall–Kier alpha value is -0.890. The second-order valence-corrected chi connectivity index (χ2v) is 5.14. The number of halogens is 2. The summed E-state index contributed by atoms with van der Waals surface area (Å²) in [6.45, 7) is 4.82.